The molecule has 4 rings (SSSR count). The highest BCUT2D eigenvalue weighted by atomic mass is 16.5. The fourth-order valence-corrected chi connectivity index (χ4v) is 4.20. The van der Waals surface area contributed by atoms with Crippen molar-refractivity contribution in [2.75, 3.05) is 52.5 Å². The number of rotatable bonds is 4. The van der Waals surface area contributed by atoms with Crippen LogP contribution in [0.4, 0.5) is 10.5 Å². The zero-order valence-corrected chi connectivity index (χ0v) is 19.1. The summed E-state index contributed by atoms with van der Waals surface area (Å²) in [5.41, 5.74) is 4.79. The van der Waals surface area contributed by atoms with Crippen LogP contribution >= 0.6 is 0 Å². The molecule has 2 aromatic carbocycles. The van der Waals surface area contributed by atoms with Gasteiger partial charge in [0.15, 0.2) is 11.5 Å². The molecular formula is C24H30N4O4. The van der Waals surface area contributed by atoms with E-state index in [1.807, 2.05) is 19.1 Å². The van der Waals surface area contributed by atoms with Gasteiger partial charge in [-0.1, -0.05) is 12.1 Å². The molecule has 2 aliphatic heterocycles. The number of anilines is 1. The van der Waals surface area contributed by atoms with E-state index in [1.165, 1.54) is 5.01 Å². The Hall–Kier alpha value is -3.26. The van der Waals surface area contributed by atoms with Crippen molar-refractivity contribution in [1.82, 2.24) is 10.3 Å². The average molecular weight is 439 g/mol. The molecule has 0 bridgehead atoms. The summed E-state index contributed by atoms with van der Waals surface area (Å²) in [6, 6.07) is 11.9. The van der Waals surface area contributed by atoms with E-state index in [4.69, 9.17) is 19.3 Å². The predicted octanol–water partition coefficient (Wildman–Crippen LogP) is 2.88. The van der Waals surface area contributed by atoms with Gasteiger partial charge in [0.2, 0.25) is 0 Å². The van der Waals surface area contributed by atoms with Crippen LogP contribution in [-0.4, -0.2) is 70.4 Å². The highest BCUT2D eigenvalue weighted by molar-refractivity contribution is 6.14. The molecule has 0 aromatic heterocycles. The predicted molar refractivity (Wildman–Crippen MR) is 124 cm³/mol. The van der Waals surface area contributed by atoms with Gasteiger partial charge in [0, 0.05) is 37.0 Å². The van der Waals surface area contributed by atoms with E-state index in [1.54, 1.807) is 21.3 Å². The van der Waals surface area contributed by atoms with Gasteiger partial charge in [0.25, 0.3) is 0 Å². The first-order chi connectivity index (χ1) is 15.5. The molecule has 170 valence electrons. The summed E-state index contributed by atoms with van der Waals surface area (Å²) in [4.78, 5) is 14.9. The van der Waals surface area contributed by atoms with E-state index in [2.05, 4.69) is 34.5 Å². The number of fused-ring (bicyclic) bond motifs is 1. The first kappa shape index (κ1) is 22.0. The smallest absolute Gasteiger partial charge is 0.337 e. The fraction of sp³-hybridized carbons (Fsp3) is 0.417. The Morgan fingerprint density at radius 2 is 1.75 bits per heavy atom. The summed E-state index contributed by atoms with van der Waals surface area (Å²) in [6.45, 7) is 5.22. The van der Waals surface area contributed by atoms with Gasteiger partial charge in [0.05, 0.1) is 39.2 Å². The average Bonchev–Trinajstić information content (AvgIpc) is 2.98. The minimum Gasteiger partial charge on any atom is -0.493 e. The Morgan fingerprint density at radius 1 is 1.09 bits per heavy atom. The SMILES string of the molecule is CNC(=O)N1N=C(c2ccc(N3CCOCC3)cc2)c2cc(OC)c(OC)cc2CC1C. The standard InChI is InChI=1S/C24H30N4O4/c1-16-13-18-14-21(30-3)22(31-4)15-20(18)23(26-28(16)24(29)25-2)17-5-7-19(8-6-17)27-9-11-32-12-10-27/h5-8,14-16H,9-13H2,1-4H3,(H,25,29). The third-order valence-corrected chi connectivity index (χ3v) is 5.94. The lowest BCUT2D eigenvalue weighted by molar-refractivity contribution is 0.122. The lowest BCUT2D eigenvalue weighted by Crippen LogP contribution is -2.41. The minimum atomic E-state index is -0.244. The van der Waals surface area contributed by atoms with Crippen LogP contribution in [0, 0.1) is 0 Å². The van der Waals surface area contributed by atoms with E-state index >= 15 is 0 Å². The van der Waals surface area contributed by atoms with Crippen LogP contribution in [0.25, 0.3) is 0 Å². The van der Waals surface area contributed by atoms with Gasteiger partial charge in [-0.15, -0.1) is 0 Å². The minimum absolute atomic E-state index is 0.128. The maximum Gasteiger partial charge on any atom is 0.337 e. The lowest BCUT2D eigenvalue weighted by atomic mass is 9.94. The quantitative estimate of drug-likeness (QED) is 0.795. The summed E-state index contributed by atoms with van der Waals surface area (Å²) in [5, 5.41) is 9.04. The van der Waals surface area contributed by atoms with Gasteiger partial charge >= 0.3 is 6.03 Å². The van der Waals surface area contributed by atoms with Gasteiger partial charge in [-0.3, -0.25) is 0 Å². The molecule has 8 heteroatoms. The van der Waals surface area contributed by atoms with Gasteiger partial charge < -0.3 is 24.4 Å². The van der Waals surface area contributed by atoms with Crippen LogP contribution in [0.1, 0.15) is 23.6 Å². The number of hydrazone groups is 1. The van der Waals surface area contributed by atoms with Crippen molar-refractivity contribution in [2.45, 2.75) is 19.4 Å². The second-order valence-corrected chi connectivity index (χ2v) is 7.91. The summed E-state index contributed by atoms with van der Waals surface area (Å²) in [6.07, 6.45) is 0.641. The van der Waals surface area contributed by atoms with Gasteiger partial charge in [-0.05, 0) is 43.2 Å². The Labute approximate surface area is 188 Å². The second kappa shape index (κ2) is 9.48. The Balaban J connectivity index is 1.80. The Kier molecular flexibility index (Phi) is 6.50. The number of morpholine rings is 1. The molecule has 1 atom stereocenters. The van der Waals surface area contributed by atoms with E-state index in [0.29, 0.717) is 17.9 Å². The van der Waals surface area contributed by atoms with Crippen LogP contribution in [0.2, 0.25) is 0 Å². The number of amides is 2. The zero-order chi connectivity index (χ0) is 22.7. The number of benzene rings is 2. The van der Waals surface area contributed by atoms with Crippen LogP contribution in [0.5, 0.6) is 11.5 Å². The summed E-state index contributed by atoms with van der Waals surface area (Å²) in [7, 11) is 4.86. The Morgan fingerprint density at radius 3 is 2.38 bits per heavy atom. The van der Waals surface area contributed by atoms with Crippen molar-refractivity contribution in [3.05, 3.63) is 53.1 Å². The molecule has 8 nitrogen and oxygen atoms in total. The highest BCUT2D eigenvalue weighted by Gasteiger charge is 2.28. The van der Waals surface area contributed by atoms with Crippen LogP contribution in [-0.2, 0) is 11.2 Å². The van der Waals surface area contributed by atoms with E-state index in [0.717, 1.165) is 54.4 Å². The molecule has 0 saturated carbocycles. The lowest BCUT2D eigenvalue weighted by Gasteiger charge is -2.29. The summed E-state index contributed by atoms with van der Waals surface area (Å²) in [5.74, 6) is 1.29. The van der Waals surface area contributed by atoms with Crippen molar-refractivity contribution in [1.29, 1.82) is 0 Å². The van der Waals surface area contributed by atoms with E-state index in [9.17, 15) is 4.79 Å². The number of nitrogens with zero attached hydrogens (tertiary/aromatic N) is 3. The van der Waals surface area contributed by atoms with Gasteiger partial charge in [-0.25, -0.2) is 9.80 Å². The number of hydrogen-bond acceptors (Lipinski definition) is 6. The van der Waals surface area contributed by atoms with Gasteiger partial charge in [0.1, 0.15) is 0 Å². The van der Waals surface area contributed by atoms with Gasteiger partial charge in [-0.2, -0.15) is 5.10 Å². The molecule has 2 amide bonds. The number of carbonyl (C=O) groups is 1. The number of methoxy groups -OCH3 is 2. The maximum absolute atomic E-state index is 12.6. The number of ether oxygens (including phenoxy) is 3. The largest absolute Gasteiger partial charge is 0.493 e. The fourth-order valence-electron chi connectivity index (χ4n) is 4.20. The molecule has 1 unspecified atom stereocenters. The Bertz CT molecular complexity index is 1000. The molecule has 1 fully saturated rings. The molecule has 2 aromatic rings. The first-order valence-corrected chi connectivity index (χ1v) is 10.8. The molecule has 1 N–H and O–H groups in total. The highest BCUT2D eigenvalue weighted by Crippen LogP contribution is 2.34. The molecule has 0 aliphatic carbocycles. The van der Waals surface area contributed by atoms with Crippen molar-refractivity contribution < 1.29 is 19.0 Å². The zero-order valence-electron chi connectivity index (χ0n) is 19.1. The summed E-state index contributed by atoms with van der Waals surface area (Å²) >= 11 is 0. The molecule has 0 radical (unpaired) electrons. The van der Waals surface area contributed by atoms with Crippen molar-refractivity contribution >= 4 is 17.4 Å². The molecular weight excluding hydrogens is 408 g/mol. The van der Waals surface area contributed by atoms with Crippen LogP contribution < -0.4 is 19.7 Å². The molecule has 32 heavy (non-hydrogen) atoms. The van der Waals surface area contributed by atoms with E-state index in [-0.39, 0.29) is 12.1 Å². The number of urea groups is 1. The van der Waals surface area contributed by atoms with Crippen molar-refractivity contribution in [3.8, 4) is 11.5 Å². The topological polar surface area (TPSA) is 75.6 Å². The molecule has 0 spiro atoms. The second-order valence-electron chi connectivity index (χ2n) is 7.91. The monoisotopic (exact) mass is 438 g/mol. The molecule has 1 saturated heterocycles. The number of nitrogens with one attached hydrogen (secondary N) is 1. The van der Waals surface area contributed by atoms with Crippen molar-refractivity contribution in [2.24, 2.45) is 5.10 Å². The molecule has 2 heterocycles. The third kappa shape index (κ3) is 4.23. The van der Waals surface area contributed by atoms with Crippen molar-refractivity contribution in [3.63, 3.8) is 0 Å². The van der Waals surface area contributed by atoms with Crippen LogP contribution in [0.3, 0.4) is 0 Å². The number of hydrogen-bond donors (Lipinski definition) is 1. The molecule has 2 aliphatic rings. The normalized spacial score (nSPS) is 18.4. The third-order valence-electron chi connectivity index (χ3n) is 5.94. The van der Waals surface area contributed by atoms with E-state index < -0.39 is 0 Å². The maximum atomic E-state index is 12.6. The number of carbonyl (C=O) groups excluding carboxylic acids is 1. The van der Waals surface area contributed by atoms with Crippen LogP contribution in [0.15, 0.2) is 41.5 Å². The summed E-state index contributed by atoms with van der Waals surface area (Å²) < 4.78 is 16.5. The first-order valence-electron chi connectivity index (χ1n) is 10.8.